The molecule has 7 nitrogen and oxygen atoms in total. The molecule has 0 bridgehead atoms. The first kappa shape index (κ1) is 22.8. The molecule has 2 aromatic rings. The zero-order chi connectivity index (χ0) is 22.0. The number of hydrogen-bond acceptors (Lipinski definition) is 6. The molecule has 0 saturated heterocycles. The summed E-state index contributed by atoms with van der Waals surface area (Å²) in [5, 5.41) is 2.69. The molecular weight excluding hydrogens is 386 g/mol. The summed E-state index contributed by atoms with van der Waals surface area (Å²) in [6.07, 6.45) is 1.08. The zero-order valence-corrected chi connectivity index (χ0v) is 17.5. The Hall–Kier alpha value is -3.48. The number of benzene rings is 2. The lowest BCUT2D eigenvalue weighted by atomic mass is 9.87. The Bertz CT molecular complexity index is 845. The molecule has 0 aliphatic carbocycles. The van der Waals surface area contributed by atoms with Crippen molar-refractivity contribution in [1.82, 2.24) is 5.32 Å². The van der Waals surface area contributed by atoms with Crippen molar-refractivity contribution in [3.8, 4) is 11.5 Å². The van der Waals surface area contributed by atoms with Gasteiger partial charge >= 0.3 is 12.1 Å². The van der Waals surface area contributed by atoms with Crippen LogP contribution < -0.4 is 14.8 Å². The number of carbonyl (C=O) groups excluding carboxylic acids is 2. The Morgan fingerprint density at radius 1 is 1.00 bits per heavy atom. The second-order valence-corrected chi connectivity index (χ2v) is 6.65. The number of ether oxygens (including phenoxy) is 4. The number of alkyl carbamates (subject to hydrolysis) is 1. The second kappa shape index (κ2) is 10.9. The van der Waals surface area contributed by atoms with Crippen molar-refractivity contribution >= 4 is 12.1 Å². The minimum atomic E-state index is -1.40. The molecule has 0 radical (unpaired) electrons. The molecule has 1 amide bonds. The Kier molecular flexibility index (Phi) is 8.29. The first-order chi connectivity index (χ1) is 14.5. The van der Waals surface area contributed by atoms with Crippen LogP contribution in [-0.4, -0.2) is 38.9 Å². The summed E-state index contributed by atoms with van der Waals surface area (Å²) in [5.74, 6) is 0.516. The van der Waals surface area contributed by atoms with E-state index in [9.17, 15) is 9.59 Å². The van der Waals surface area contributed by atoms with Gasteiger partial charge in [0, 0.05) is 12.5 Å². The van der Waals surface area contributed by atoms with Crippen LogP contribution >= 0.6 is 0 Å². The molecule has 0 aliphatic rings. The molecule has 1 N–H and O–H groups in total. The van der Waals surface area contributed by atoms with E-state index in [4.69, 9.17) is 18.9 Å². The molecule has 0 aromatic heterocycles. The number of carbonyl (C=O) groups is 2. The van der Waals surface area contributed by atoms with E-state index in [0.717, 1.165) is 5.56 Å². The maximum atomic E-state index is 12.7. The monoisotopic (exact) mass is 413 g/mol. The molecule has 2 rings (SSSR count). The van der Waals surface area contributed by atoms with Gasteiger partial charge in [0.2, 0.25) is 0 Å². The molecule has 2 aromatic carbocycles. The Morgan fingerprint density at radius 2 is 1.63 bits per heavy atom. The van der Waals surface area contributed by atoms with Gasteiger partial charge in [-0.3, -0.25) is 0 Å². The predicted molar refractivity (Wildman–Crippen MR) is 113 cm³/mol. The molecule has 0 spiro atoms. The van der Waals surface area contributed by atoms with E-state index in [0.29, 0.717) is 17.1 Å². The number of nitrogens with one attached hydrogen (secondary N) is 1. The Labute approximate surface area is 176 Å². The molecule has 1 atom stereocenters. The normalized spacial score (nSPS) is 12.2. The van der Waals surface area contributed by atoms with E-state index in [1.807, 2.05) is 30.3 Å². The maximum absolute atomic E-state index is 12.7. The third-order valence-electron chi connectivity index (χ3n) is 4.54. The molecule has 30 heavy (non-hydrogen) atoms. The van der Waals surface area contributed by atoms with Crippen molar-refractivity contribution in [2.24, 2.45) is 0 Å². The lowest BCUT2D eigenvalue weighted by Gasteiger charge is -2.31. The highest BCUT2D eigenvalue weighted by atomic mass is 16.6. The van der Waals surface area contributed by atoms with E-state index < -0.39 is 17.6 Å². The first-order valence-corrected chi connectivity index (χ1v) is 9.36. The van der Waals surface area contributed by atoms with Crippen LogP contribution in [0.1, 0.15) is 17.5 Å². The van der Waals surface area contributed by atoms with E-state index in [-0.39, 0.29) is 19.4 Å². The highest BCUT2D eigenvalue weighted by molar-refractivity contribution is 5.86. The topological polar surface area (TPSA) is 83.1 Å². The second-order valence-electron chi connectivity index (χ2n) is 6.65. The summed E-state index contributed by atoms with van der Waals surface area (Å²) in [6, 6.07) is 14.5. The van der Waals surface area contributed by atoms with Gasteiger partial charge in [-0.15, -0.1) is 6.58 Å². The molecule has 0 unspecified atom stereocenters. The lowest BCUT2D eigenvalue weighted by Crippen LogP contribution is -2.56. The zero-order valence-electron chi connectivity index (χ0n) is 17.5. The van der Waals surface area contributed by atoms with Gasteiger partial charge in [0.05, 0.1) is 21.3 Å². The Balaban J connectivity index is 2.27. The molecule has 0 aliphatic heterocycles. The minimum absolute atomic E-state index is 0.0744. The largest absolute Gasteiger partial charge is 0.497 e. The minimum Gasteiger partial charge on any atom is -0.497 e. The maximum Gasteiger partial charge on any atom is 0.408 e. The molecule has 0 fully saturated rings. The van der Waals surface area contributed by atoms with Crippen molar-refractivity contribution in [2.75, 3.05) is 21.3 Å². The fourth-order valence-corrected chi connectivity index (χ4v) is 3.09. The van der Waals surface area contributed by atoms with Crippen molar-refractivity contribution in [3.63, 3.8) is 0 Å². The third kappa shape index (κ3) is 6.01. The van der Waals surface area contributed by atoms with Crippen LogP contribution in [0.25, 0.3) is 0 Å². The summed E-state index contributed by atoms with van der Waals surface area (Å²) in [7, 11) is 4.34. The van der Waals surface area contributed by atoms with E-state index in [1.165, 1.54) is 21.3 Å². The molecule has 0 saturated carbocycles. The van der Waals surface area contributed by atoms with Crippen LogP contribution in [0, 0.1) is 0 Å². The highest BCUT2D eigenvalue weighted by Gasteiger charge is 2.41. The SMILES string of the molecule is C=CC[C@@](Cc1cc(OC)cc(OC)c1)(NC(=O)OCc1ccccc1)C(=O)OC. The van der Waals surface area contributed by atoms with Gasteiger partial charge in [0.15, 0.2) is 0 Å². The van der Waals surface area contributed by atoms with Gasteiger partial charge in [0.25, 0.3) is 0 Å². The average Bonchev–Trinajstić information content (AvgIpc) is 2.77. The quantitative estimate of drug-likeness (QED) is 0.473. The van der Waals surface area contributed by atoms with E-state index in [2.05, 4.69) is 11.9 Å². The number of hydrogen-bond donors (Lipinski definition) is 1. The summed E-state index contributed by atoms with van der Waals surface area (Å²) in [5.41, 5.74) is 0.140. The average molecular weight is 413 g/mol. The number of methoxy groups -OCH3 is 3. The van der Waals surface area contributed by atoms with Crippen molar-refractivity contribution in [3.05, 3.63) is 72.3 Å². The molecule has 160 valence electrons. The fraction of sp³-hybridized carbons (Fsp3) is 0.304. The van der Waals surface area contributed by atoms with Crippen LogP contribution in [0.5, 0.6) is 11.5 Å². The lowest BCUT2D eigenvalue weighted by molar-refractivity contribution is -0.148. The Morgan fingerprint density at radius 3 is 2.17 bits per heavy atom. The van der Waals surface area contributed by atoms with Gasteiger partial charge in [-0.25, -0.2) is 9.59 Å². The van der Waals surface area contributed by atoms with Crippen LogP contribution in [0.15, 0.2) is 61.2 Å². The smallest absolute Gasteiger partial charge is 0.408 e. The van der Waals surface area contributed by atoms with Crippen LogP contribution in [0.4, 0.5) is 4.79 Å². The van der Waals surface area contributed by atoms with Crippen molar-refractivity contribution in [1.29, 1.82) is 0 Å². The first-order valence-electron chi connectivity index (χ1n) is 9.36. The van der Waals surface area contributed by atoms with Gasteiger partial charge in [-0.05, 0) is 29.7 Å². The summed E-state index contributed by atoms with van der Waals surface area (Å²) in [6.45, 7) is 3.80. The van der Waals surface area contributed by atoms with Gasteiger partial charge < -0.3 is 24.3 Å². The fourth-order valence-electron chi connectivity index (χ4n) is 3.09. The predicted octanol–water partition coefficient (Wildman–Crippen LogP) is 3.66. The molecular formula is C23H27NO6. The molecule has 0 heterocycles. The van der Waals surface area contributed by atoms with Crippen molar-refractivity contribution < 1.29 is 28.5 Å². The van der Waals surface area contributed by atoms with E-state index in [1.54, 1.807) is 24.3 Å². The summed E-state index contributed by atoms with van der Waals surface area (Å²) >= 11 is 0. The molecule has 7 heteroatoms. The third-order valence-corrected chi connectivity index (χ3v) is 4.54. The van der Waals surface area contributed by atoms with Crippen LogP contribution in [-0.2, 0) is 27.3 Å². The summed E-state index contributed by atoms with van der Waals surface area (Å²) in [4.78, 5) is 25.3. The highest BCUT2D eigenvalue weighted by Crippen LogP contribution is 2.27. The van der Waals surface area contributed by atoms with Gasteiger partial charge in [-0.1, -0.05) is 36.4 Å². The summed E-state index contributed by atoms with van der Waals surface area (Å²) < 4.78 is 20.9. The number of esters is 1. The number of amides is 1. The van der Waals surface area contributed by atoms with Gasteiger partial charge in [0.1, 0.15) is 23.6 Å². The van der Waals surface area contributed by atoms with Gasteiger partial charge in [-0.2, -0.15) is 0 Å². The number of rotatable bonds is 10. The van der Waals surface area contributed by atoms with Crippen LogP contribution in [0.2, 0.25) is 0 Å². The standard InChI is InChI=1S/C23H27NO6/c1-5-11-23(21(25)29-4,15-18-12-19(27-2)14-20(13-18)28-3)24-22(26)30-16-17-9-7-6-8-10-17/h5-10,12-14H,1,11,15-16H2,2-4H3,(H,24,26)/t23-/m0/s1. The van der Waals surface area contributed by atoms with Crippen molar-refractivity contribution in [2.45, 2.75) is 25.0 Å². The van der Waals surface area contributed by atoms with Crippen LogP contribution in [0.3, 0.4) is 0 Å². The van der Waals surface area contributed by atoms with E-state index >= 15 is 0 Å².